The summed E-state index contributed by atoms with van der Waals surface area (Å²) in [7, 11) is 2.97. The zero-order valence-corrected chi connectivity index (χ0v) is 21.8. The van der Waals surface area contributed by atoms with Crippen LogP contribution in [-0.2, 0) is 33.0 Å². The normalized spacial score (nSPS) is 19.8. The first-order chi connectivity index (χ1) is 18.1. The van der Waals surface area contributed by atoms with E-state index in [1.165, 1.54) is 35.8 Å². The second kappa shape index (κ2) is 11.1. The number of benzene rings is 1. The highest BCUT2D eigenvalue weighted by molar-refractivity contribution is 6.35. The molecular formula is C25H29ClFN5O6. The van der Waals surface area contributed by atoms with E-state index in [0.29, 0.717) is 31.2 Å². The van der Waals surface area contributed by atoms with E-state index in [9.17, 15) is 28.7 Å². The number of carbonyl (C=O) groups is 3. The summed E-state index contributed by atoms with van der Waals surface area (Å²) in [5, 5.41) is 15.8. The van der Waals surface area contributed by atoms with Crippen LogP contribution in [0.2, 0.25) is 5.02 Å². The van der Waals surface area contributed by atoms with Gasteiger partial charge in [0.2, 0.25) is 5.75 Å². The van der Waals surface area contributed by atoms with E-state index in [1.54, 1.807) is 0 Å². The van der Waals surface area contributed by atoms with E-state index in [2.05, 4.69) is 15.6 Å². The summed E-state index contributed by atoms with van der Waals surface area (Å²) in [6.45, 7) is 0.669. The van der Waals surface area contributed by atoms with Crippen LogP contribution in [-0.4, -0.2) is 64.6 Å². The molecule has 3 amide bonds. The molecule has 3 N–H and O–H groups in total. The number of nitrogens with one attached hydrogen (secondary N) is 2. The van der Waals surface area contributed by atoms with Crippen molar-refractivity contribution >= 4 is 29.3 Å². The van der Waals surface area contributed by atoms with Crippen molar-refractivity contribution < 1.29 is 28.6 Å². The summed E-state index contributed by atoms with van der Waals surface area (Å²) in [6, 6.07) is 3.94. The Morgan fingerprint density at radius 2 is 2.03 bits per heavy atom. The number of fused-ring (bicyclic) bond motifs is 2. The van der Waals surface area contributed by atoms with Crippen molar-refractivity contribution in [2.24, 2.45) is 5.92 Å². The van der Waals surface area contributed by atoms with Crippen LogP contribution in [0.25, 0.3) is 0 Å². The Labute approximate surface area is 222 Å². The van der Waals surface area contributed by atoms with Crippen molar-refractivity contribution in [1.82, 2.24) is 25.1 Å². The Bertz CT molecular complexity index is 1320. The van der Waals surface area contributed by atoms with Gasteiger partial charge in [0, 0.05) is 33.8 Å². The molecule has 38 heavy (non-hydrogen) atoms. The third-order valence-electron chi connectivity index (χ3n) is 7.15. The number of likely N-dealkylation sites (N-methyl/N-ethyl adjacent to an activating group) is 1. The van der Waals surface area contributed by atoms with Gasteiger partial charge >= 0.3 is 11.8 Å². The maximum atomic E-state index is 13.4. The molecule has 2 aliphatic heterocycles. The Balaban J connectivity index is 1.65. The number of aromatic nitrogens is 2. The average Bonchev–Trinajstić information content (AvgIpc) is 3.15. The largest absolute Gasteiger partial charge is 0.501 e. The van der Waals surface area contributed by atoms with Gasteiger partial charge in [0.05, 0.1) is 17.2 Å². The van der Waals surface area contributed by atoms with Crippen LogP contribution in [0.3, 0.4) is 0 Å². The molecule has 11 nitrogen and oxygen atoms in total. The highest BCUT2D eigenvalue weighted by atomic mass is 35.5. The Kier molecular flexibility index (Phi) is 8.02. The molecule has 0 spiro atoms. The van der Waals surface area contributed by atoms with E-state index in [1.807, 2.05) is 0 Å². The molecule has 1 aromatic carbocycles. The van der Waals surface area contributed by atoms with Crippen LogP contribution in [0.5, 0.6) is 5.75 Å². The fraction of sp³-hybridized carbons (Fsp3) is 0.480. The van der Waals surface area contributed by atoms with E-state index in [-0.39, 0.29) is 43.0 Å². The molecule has 0 atom stereocenters. The van der Waals surface area contributed by atoms with Gasteiger partial charge in [-0.25, -0.2) is 9.37 Å². The molecular weight excluding hydrogens is 521 g/mol. The fourth-order valence-electron chi connectivity index (χ4n) is 4.94. The molecule has 2 bridgehead atoms. The number of rotatable bonds is 7. The van der Waals surface area contributed by atoms with Gasteiger partial charge in [-0.3, -0.25) is 23.7 Å². The van der Waals surface area contributed by atoms with Crippen LogP contribution in [0.15, 0.2) is 23.0 Å². The summed E-state index contributed by atoms with van der Waals surface area (Å²) in [4.78, 5) is 57.5. The highest BCUT2D eigenvalue weighted by Gasteiger charge is 2.46. The maximum Gasteiger partial charge on any atom is 0.311 e. The number of carbonyl (C=O) groups excluding carboxylic acids is 3. The Hall–Kier alpha value is -3.51. The monoisotopic (exact) mass is 549 g/mol. The predicted molar refractivity (Wildman–Crippen MR) is 134 cm³/mol. The molecule has 0 saturated heterocycles. The molecule has 204 valence electrons. The Morgan fingerprint density at radius 3 is 2.68 bits per heavy atom. The maximum absolute atomic E-state index is 13.4. The lowest BCUT2D eigenvalue weighted by Crippen LogP contribution is -2.54. The van der Waals surface area contributed by atoms with E-state index < -0.39 is 46.1 Å². The van der Waals surface area contributed by atoms with Crippen molar-refractivity contribution in [3.05, 3.63) is 56.5 Å². The SMILES string of the molecule is COCCN(C)C(=O)C(=O)NC12CCC(CC1)Cn1c2nc(C(=O)NCc2ccc(F)c(Cl)c2)c(O)c1=O. The topological polar surface area (TPSA) is 143 Å². The van der Waals surface area contributed by atoms with E-state index in [0.717, 1.165) is 6.07 Å². The molecule has 0 unspecified atom stereocenters. The highest BCUT2D eigenvalue weighted by Crippen LogP contribution is 2.43. The quantitative estimate of drug-likeness (QED) is 0.442. The standard InChI is InChI=1S/C25H29ClFN5O6/c1-31(9-10-38-2)23(37)21(35)30-25-7-5-14(6-8-25)13-32-22(36)19(33)18(29-24(25)32)20(34)28-12-15-3-4-17(27)16(26)11-15/h3-4,11,14,33H,5-10,12-13H2,1-2H3,(H,28,34)(H,30,35). The number of methoxy groups -OCH3 is 1. The molecule has 1 aromatic heterocycles. The first-order valence-corrected chi connectivity index (χ1v) is 12.6. The van der Waals surface area contributed by atoms with Gasteiger partial charge in [-0.15, -0.1) is 0 Å². The van der Waals surface area contributed by atoms with Crippen LogP contribution in [0.1, 0.15) is 47.6 Å². The molecule has 1 fully saturated rings. The van der Waals surface area contributed by atoms with Gasteiger partial charge in [0.15, 0.2) is 5.69 Å². The molecule has 13 heteroatoms. The lowest BCUT2D eigenvalue weighted by atomic mass is 9.77. The minimum absolute atomic E-state index is 0.0648. The lowest BCUT2D eigenvalue weighted by molar-refractivity contribution is -0.146. The number of ether oxygens (including phenoxy) is 1. The third-order valence-corrected chi connectivity index (χ3v) is 7.44. The lowest BCUT2D eigenvalue weighted by Gasteiger charge is -2.37. The molecule has 5 rings (SSSR count). The number of halogens is 2. The molecule has 0 radical (unpaired) electrons. The van der Waals surface area contributed by atoms with Gasteiger partial charge in [0.25, 0.3) is 11.5 Å². The van der Waals surface area contributed by atoms with Gasteiger partial charge in [-0.2, -0.15) is 0 Å². The third kappa shape index (κ3) is 5.37. The first-order valence-electron chi connectivity index (χ1n) is 12.2. The summed E-state index contributed by atoms with van der Waals surface area (Å²) >= 11 is 5.79. The van der Waals surface area contributed by atoms with E-state index in [4.69, 9.17) is 16.3 Å². The van der Waals surface area contributed by atoms with Gasteiger partial charge in [-0.05, 0) is 49.3 Å². The second-order valence-corrected chi connectivity index (χ2v) is 10.1. The Morgan fingerprint density at radius 1 is 1.32 bits per heavy atom. The van der Waals surface area contributed by atoms with Crippen LogP contribution >= 0.6 is 11.6 Å². The van der Waals surface area contributed by atoms with Crippen molar-refractivity contribution in [1.29, 1.82) is 0 Å². The number of nitrogens with zero attached hydrogens (tertiary/aromatic N) is 3. The predicted octanol–water partition coefficient (Wildman–Crippen LogP) is 1.29. The summed E-state index contributed by atoms with van der Waals surface area (Å²) in [5.74, 6) is -3.66. The van der Waals surface area contributed by atoms with Crippen molar-refractivity contribution in [3.63, 3.8) is 0 Å². The molecule has 1 saturated carbocycles. The van der Waals surface area contributed by atoms with Crippen LogP contribution in [0, 0.1) is 11.7 Å². The number of amides is 3. The molecule has 2 aromatic rings. The number of hydrogen-bond donors (Lipinski definition) is 3. The van der Waals surface area contributed by atoms with Gasteiger partial charge in [0.1, 0.15) is 11.6 Å². The van der Waals surface area contributed by atoms with Crippen LogP contribution < -0.4 is 16.2 Å². The summed E-state index contributed by atoms with van der Waals surface area (Å²) in [5.41, 5.74) is -1.99. The molecule has 3 aliphatic rings. The average molecular weight is 550 g/mol. The smallest absolute Gasteiger partial charge is 0.311 e. The zero-order chi connectivity index (χ0) is 27.6. The van der Waals surface area contributed by atoms with E-state index >= 15 is 0 Å². The van der Waals surface area contributed by atoms with Crippen LogP contribution in [0.4, 0.5) is 4.39 Å². The number of hydrogen-bond acceptors (Lipinski definition) is 7. The first kappa shape index (κ1) is 27.5. The number of aromatic hydroxyl groups is 1. The van der Waals surface area contributed by atoms with Gasteiger partial charge < -0.3 is 25.4 Å². The van der Waals surface area contributed by atoms with Crippen molar-refractivity contribution in [2.75, 3.05) is 27.3 Å². The fourth-order valence-corrected chi connectivity index (χ4v) is 5.15. The van der Waals surface area contributed by atoms with Gasteiger partial charge in [-0.1, -0.05) is 17.7 Å². The zero-order valence-electron chi connectivity index (χ0n) is 21.1. The summed E-state index contributed by atoms with van der Waals surface area (Å²) in [6.07, 6.45) is 2.13. The molecule has 1 aliphatic carbocycles. The summed E-state index contributed by atoms with van der Waals surface area (Å²) < 4.78 is 19.7. The van der Waals surface area contributed by atoms with Crippen molar-refractivity contribution in [2.45, 2.75) is 44.3 Å². The van der Waals surface area contributed by atoms with Crippen molar-refractivity contribution in [3.8, 4) is 5.75 Å². The molecule has 3 heterocycles. The second-order valence-electron chi connectivity index (χ2n) is 9.68. The minimum atomic E-state index is -1.17. The minimum Gasteiger partial charge on any atom is -0.501 e.